The zero-order valence-electron chi connectivity index (χ0n) is 12.7. The van der Waals surface area contributed by atoms with Gasteiger partial charge >= 0.3 is 5.97 Å². The summed E-state index contributed by atoms with van der Waals surface area (Å²) in [6.07, 6.45) is 0.757. The van der Waals surface area contributed by atoms with Crippen LogP contribution in [0.3, 0.4) is 0 Å². The predicted octanol–water partition coefficient (Wildman–Crippen LogP) is 2.27. The van der Waals surface area contributed by atoms with Crippen LogP contribution in [-0.2, 0) is 16.0 Å². The first-order valence-corrected chi connectivity index (χ1v) is 7.62. The molecular formula is C15H20Cl2N2O3. The average molecular weight is 347 g/mol. The number of aliphatic carboxylic acids is 1. The molecule has 0 aromatic heterocycles. The summed E-state index contributed by atoms with van der Waals surface area (Å²) < 4.78 is 0. The molecule has 1 aromatic carbocycles. The van der Waals surface area contributed by atoms with E-state index in [9.17, 15) is 9.59 Å². The van der Waals surface area contributed by atoms with Crippen LogP contribution in [0.25, 0.3) is 0 Å². The molecule has 1 aliphatic heterocycles. The lowest BCUT2D eigenvalue weighted by Crippen LogP contribution is -2.45. The molecule has 0 aliphatic carbocycles. The van der Waals surface area contributed by atoms with Crippen molar-refractivity contribution in [2.24, 2.45) is 0 Å². The lowest BCUT2D eigenvalue weighted by atomic mass is 10.1. The Labute approximate surface area is 140 Å². The molecule has 2 rings (SSSR count). The summed E-state index contributed by atoms with van der Waals surface area (Å²) in [6, 6.07) is 10.0. The maximum absolute atomic E-state index is 12.0. The van der Waals surface area contributed by atoms with Gasteiger partial charge in [-0.2, -0.15) is 0 Å². The standard InChI is InChI=1S/C13H18N2O.C2H2Cl2O2/c1-13(2)14-11(12(16)15(13)3)9-10-7-5-4-6-8-10;3-1(4)2(5)6/h4-8,11,14H,9H2,1-3H3;1H,(H,5,6)/t11-;/m1./s1. The van der Waals surface area contributed by atoms with Gasteiger partial charge in [0, 0.05) is 7.05 Å². The van der Waals surface area contributed by atoms with E-state index in [-0.39, 0.29) is 17.6 Å². The van der Waals surface area contributed by atoms with Crippen molar-refractivity contribution in [1.82, 2.24) is 10.2 Å². The largest absolute Gasteiger partial charge is 0.479 e. The summed E-state index contributed by atoms with van der Waals surface area (Å²) >= 11 is 9.56. The predicted molar refractivity (Wildman–Crippen MR) is 87.0 cm³/mol. The summed E-state index contributed by atoms with van der Waals surface area (Å²) in [6.45, 7) is 4.05. The number of carbonyl (C=O) groups is 2. The molecular weight excluding hydrogens is 327 g/mol. The molecule has 1 aliphatic rings. The number of carbonyl (C=O) groups excluding carboxylic acids is 1. The average Bonchev–Trinajstić information content (AvgIpc) is 2.64. The number of amides is 1. The first kappa shape index (κ1) is 18.7. The second-order valence-corrected chi connectivity index (χ2v) is 6.58. The van der Waals surface area contributed by atoms with Crippen LogP contribution < -0.4 is 5.32 Å². The van der Waals surface area contributed by atoms with Gasteiger partial charge in [-0.3, -0.25) is 10.1 Å². The Kier molecular flexibility index (Phi) is 6.66. The number of carboxylic acids is 1. The quantitative estimate of drug-likeness (QED) is 0.823. The third-order valence-corrected chi connectivity index (χ3v) is 3.84. The molecule has 1 saturated heterocycles. The van der Waals surface area contributed by atoms with E-state index in [1.807, 2.05) is 39.1 Å². The molecule has 1 atom stereocenters. The maximum atomic E-state index is 12.0. The van der Waals surface area contributed by atoms with E-state index < -0.39 is 10.8 Å². The lowest BCUT2D eigenvalue weighted by molar-refractivity contribution is -0.135. The number of hydrogen-bond acceptors (Lipinski definition) is 3. The summed E-state index contributed by atoms with van der Waals surface area (Å²) in [5, 5.41) is 11.1. The molecule has 5 nitrogen and oxygen atoms in total. The topological polar surface area (TPSA) is 69.6 Å². The Bertz CT molecular complexity index is 521. The molecule has 0 bridgehead atoms. The van der Waals surface area contributed by atoms with Gasteiger partial charge in [0.1, 0.15) is 0 Å². The van der Waals surface area contributed by atoms with Crippen LogP contribution in [0.4, 0.5) is 0 Å². The van der Waals surface area contributed by atoms with E-state index in [1.54, 1.807) is 4.90 Å². The summed E-state index contributed by atoms with van der Waals surface area (Å²) in [4.78, 5) is 21.9. The van der Waals surface area contributed by atoms with Gasteiger partial charge in [0.15, 0.2) is 0 Å². The summed E-state index contributed by atoms with van der Waals surface area (Å²) in [5.41, 5.74) is 0.954. The summed E-state index contributed by atoms with van der Waals surface area (Å²) in [7, 11) is 1.85. The number of rotatable bonds is 3. The Morgan fingerprint density at radius 1 is 1.36 bits per heavy atom. The highest BCUT2D eigenvalue weighted by atomic mass is 35.5. The van der Waals surface area contributed by atoms with Crippen LogP contribution in [0.15, 0.2) is 30.3 Å². The highest BCUT2D eigenvalue weighted by Gasteiger charge is 2.41. The third kappa shape index (κ3) is 5.16. The van der Waals surface area contributed by atoms with Crippen LogP contribution >= 0.6 is 23.2 Å². The third-order valence-electron chi connectivity index (χ3n) is 3.46. The van der Waals surface area contributed by atoms with Gasteiger partial charge in [0.2, 0.25) is 10.7 Å². The van der Waals surface area contributed by atoms with Gasteiger partial charge < -0.3 is 10.0 Å². The number of carboxylic acid groups (broad SMARTS) is 1. The zero-order valence-corrected chi connectivity index (χ0v) is 14.2. The molecule has 0 saturated carbocycles. The lowest BCUT2D eigenvalue weighted by Gasteiger charge is -2.27. The minimum absolute atomic E-state index is 0.0950. The monoisotopic (exact) mass is 346 g/mol. The maximum Gasteiger partial charge on any atom is 0.337 e. The van der Waals surface area contributed by atoms with Crippen LogP contribution in [-0.4, -0.2) is 45.5 Å². The van der Waals surface area contributed by atoms with Crippen molar-refractivity contribution in [1.29, 1.82) is 0 Å². The molecule has 1 aromatic rings. The second-order valence-electron chi connectivity index (χ2n) is 5.48. The van der Waals surface area contributed by atoms with Gasteiger partial charge in [-0.1, -0.05) is 53.5 Å². The van der Waals surface area contributed by atoms with Gasteiger partial charge in [-0.25, -0.2) is 4.79 Å². The van der Waals surface area contributed by atoms with Crippen LogP contribution in [0.5, 0.6) is 0 Å². The molecule has 0 spiro atoms. The number of likely N-dealkylation sites (N-methyl/N-ethyl adjacent to an activating group) is 1. The minimum Gasteiger partial charge on any atom is -0.479 e. The highest BCUT2D eigenvalue weighted by molar-refractivity contribution is 6.52. The van der Waals surface area contributed by atoms with Crippen LogP contribution in [0.1, 0.15) is 19.4 Å². The number of nitrogens with one attached hydrogen (secondary N) is 1. The van der Waals surface area contributed by atoms with Gasteiger partial charge in [-0.05, 0) is 25.8 Å². The van der Waals surface area contributed by atoms with E-state index in [1.165, 1.54) is 5.56 Å². The number of halogens is 2. The van der Waals surface area contributed by atoms with E-state index in [4.69, 9.17) is 28.3 Å². The van der Waals surface area contributed by atoms with E-state index in [0.29, 0.717) is 0 Å². The van der Waals surface area contributed by atoms with Crippen molar-refractivity contribution in [2.75, 3.05) is 7.05 Å². The first-order valence-electron chi connectivity index (χ1n) is 6.75. The SMILES string of the molecule is CN1C(=O)[C@@H](Cc2ccccc2)NC1(C)C.O=C(O)C(Cl)Cl. The molecule has 1 fully saturated rings. The first-order chi connectivity index (χ1) is 10.1. The van der Waals surface area contributed by atoms with Crippen molar-refractivity contribution in [3.63, 3.8) is 0 Å². The number of benzene rings is 1. The molecule has 1 amide bonds. The fourth-order valence-corrected chi connectivity index (χ4v) is 2.08. The molecule has 122 valence electrons. The Morgan fingerprint density at radius 3 is 2.23 bits per heavy atom. The highest BCUT2D eigenvalue weighted by Crippen LogP contribution is 2.20. The van der Waals surface area contributed by atoms with Crippen LogP contribution in [0, 0.1) is 0 Å². The van der Waals surface area contributed by atoms with E-state index in [2.05, 4.69) is 17.4 Å². The van der Waals surface area contributed by atoms with Gasteiger partial charge in [0.05, 0.1) is 11.7 Å². The number of alkyl halides is 2. The zero-order chi connectivity index (χ0) is 16.9. The van der Waals surface area contributed by atoms with Crippen molar-refractivity contribution >= 4 is 35.1 Å². The van der Waals surface area contributed by atoms with E-state index >= 15 is 0 Å². The van der Waals surface area contributed by atoms with Crippen molar-refractivity contribution in [3.05, 3.63) is 35.9 Å². The van der Waals surface area contributed by atoms with Crippen LogP contribution in [0.2, 0.25) is 0 Å². The Hall–Kier alpha value is -1.30. The molecule has 0 radical (unpaired) electrons. The van der Waals surface area contributed by atoms with E-state index in [0.717, 1.165) is 6.42 Å². The number of nitrogens with zero attached hydrogens (tertiary/aromatic N) is 1. The number of hydrogen-bond donors (Lipinski definition) is 2. The van der Waals surface area contributed by atoms with Gasteiger partial charge in [-0.15, -0.1) is 0 Å². The van der Waals surface area contributed by atoms with Crippen molar-refractivity contribution in [3.8, 4) is 0 Å². The molecule has 22 heavy (non-hydrogen) atoms. The molecule has 1 heterocycles. The summed E-state index contributed by atoms with van der Waals surface area (Å²) in [5.74, 6) is -1.04. The normalized spacial score (nSPS) is 19.8. The fraction of sp³-hybridized carbons (Fsp3) is 0.467. The molecule has 7 heteroatoms. The Balaban J connectivity index is 0.000000346. The second kappa shape index (κ2) is 7.81. The molecule has 0 unspecified atom stereocenters. The smallest absolute Gasteiger partial charge is 0.337 e. The Morgan fingerprint density at radius 2 is 1.86 bits per heavy atom. The minimum atomic E-state index is -1.29. The van der Waals surface area contributed by atoms with Gasteiger partial charge in [0.25, 0.3) is 0 Å². The fourth-order valence-electron chi connectivity index (χ4n) is 2.08. The molecule has 2 N–H and O–H groups in total. The van der Waals surface area contributed by atoms with Crippen molar-refractivity contribution in [2.45, 2.75) is 36.8 Å². The van der Waals surface area contributed by atoms with Crippen molar-refractivity contribution < 1.29 is 14.7 Å².